The molecule has 0 radical (unpaired) electrons. The first-order chi connectivity index (χ1) is 8.08. The highest BCUT2D eigenvalue weighted by Crippen LogP contribution is 2.38. The minimum atomic E-state index is 0.756. The highest BCUT2D eigenvalue weighted by atomic mass is 79.9. The average Bonchev–Trinajstić information content (AvgIpc) is 2.29. The van der Waals surface area contributed by atoms with E-state index in [1.807, 2.05) is 36.4 Å². The number of benzene rings is 2. The molecule has 0 aliphatic rings. The lowest BCUT2D eigenvalue weighted by atomic mass is 10.3. The molecule has 2 aromatic carbocycles. The van der Waals surface area contributed by atoms with Crippen LogP contribution in [0.1, 0.15) is 0 Å². The van der Waals surface area contributed by atoms with Gasteiger partial charge >= 0.3 is 0 Å². The van der Waals surface area contributed by atoms with Gasteiger partial charge in [0.05, 0.1) is 8.95 Å². The van der Waals surface area contributed by atoms with E-state index < -0.39 is 0 Å². The van der Waals surface area contributed by atoms with Crippen molar-refractivity contribution in [1.82, 2.24) is 0 Å². The molecular formula is C12H6Br4O. The van der Waals surface area contributed by atoms with E-state index in [1.165, 1.54) is 0 Å². The van der Waals surface area contributed by atoms with Crippen LogP contribution in [0.15, 0.2) is 54.3 Å². The van der Waals surface area contributed by atoms with Crippen molar-refractivity contribution in [1.29, 1.82) is 0 Å². The monoisotopic (exact) mass is 482 g/mol. The number of halogens is 4. The van der Waals surface area contributed by atoms with Gasteiger partial charge in [0.15, 0.2) is 0 Å². The summed E-state index contributed by atoms with van der Waals surface area (Å²) in [7, 11) is 0. The summed E-state index contributed by atoms with van der Waals surface area (Å²) in [5, 5.41) is 0. The predicted molar refractivity (Wildman–Crippen MR) is 83.8 cm³/mol. The first-order valence-electron chi connectivity index (χ1n) is 4.65. The number of hydrogen-bond acceptors (Lipinski definition) is 1. The fourth-order valence-corrected chi connectivity index (χ4v) is 2.99. The van der Waals surface area contributed by atoms with Crippen LogP contribution in [0.2, 0.25) is 0 Å². The molecular weight excluding hydrogens is 480 g/mol. The summed E-state index contributed by atoms with van der Waals surface area (Å²) in [6.07, 6.45) is 0. The van der Waals surface area contributed by atoms with Crippen LogP contribution in [0.25, 0.3) is 0 Å². The van der Waals surface area contributed by atoms with Gasteiger partial charge in [0.2, 0.25) is 0 Å². The lowest BCUT2D eigenvalue weighted by molar-refractivity contribution is 0.476. The molecule has 0 amide bonds. The van der Waals surface area contributed by atoms with Gasteiger partial charge < -0.3 is 4.74 Å². The molecule has 0 saturated heterocycles. The van der Waals surface area contributed by atoms with Crippen molar-refractivity contribution in [3.05, 3.63) is 54.3 Å². The fraction of sp³-hybridized carbons (Fsp3) is 0. The van der Waals surface area contributed by atoms with Crippen LogP contribution in [0.5, 0.6) is 11.5 Å². The molecule has 0 spiro atoms. The second-order valence-corrected chi connectivity index (χ2v) is 6.65. The van der Waals surface area contributed by atoms with Gasteiger partial charge in [-0.25, -0.2) is 0 Å². The van der Waals surface area contributed by atoms with E-state index in [-0.39, 0.29) is 0 Å². The maximum Gasteiger partial charge on any atom is 0.142 e. The van der Waals surface area contributed by atoms with Gasteiger partial charge in [-0.2, -0.15) is 0 Å². The summed E-state index contributed by atoms with van der Waals surface area (Å²) in [4.78, 5) is 0. The average molecular weight is 486 g/mol. The third kappa shape index (κ3) is 3.34. The lowest BCUT2D eigenvalue weighted by Crippen LogP contribution is -1.87. The summed E-state index contributed by atoms with van der Waals surface area (Å²) >= 11 is 13.8. The highest BCUT2D eigenvalue weighted by Gasteiger charge is 2.08. The van der Waals surface area contributed by atoms with Crippen LogP contribution in [-0.2, 0) is 0 Å². The molecule has 1 nitrogen and oxygen atoms in total. The normalized spacial score (nSPS) is 10.4. The molecule has 0 atom stereocenters. The third-order valence-corrected chi connectivity index (χ3v) is 5.15. The highest BCUT2D eigenvalue weighted by molar-refractivity contribution is 9.13. The molecule has 0 heterocycles. The topological polar surface area (TPSA) is 9.23 Å². The second kappa shape index (κ2) is 5.87. The number of para-hydroxylation sites is 1. The SMILES string of the molecule is Brc1cc(Br)c(Oc2ccccc2Br)cc1Br. The van der Waals surface area contributed by atoms with Crippen molar-refractivity contribution in [2.75, 3.05) is 0 Å². The molecule has 0 aliphatic carbocycles. The zero-order valence-corrected chi connectivity index (χ0v) is 14.7. The van der Waals surface area contributed by atoms with E-state index >= 15 is 0 Å². The molecule has 17 heavy (non-hydrogen) atoms. The number of rotatable bonds is 2. The van der Waals surface area contributed by atoms with E-state index in [2.05, 4.69) is 63.7 Å². The summed E-state index contributed by atoms with van der Waals surface area (Å²) in [5.74, 6) is 1.54. The molecule has 0 aromatic heterocycles. The van der Waals surface area contributed by atoms with E-state index in [0.717, 1.165) is 29.4 Å². The van der Waals surface area contributed by atoms with Gasteiger partial charge in [-0.3, -0.25) is 0 Å². The van der Waals surface area contributed by atoms with Crippen molar-refractivity contribution in [3.8, 4) is 11.5 Å². The molecule has 0 saturated carbocycles. The summed E-state index contributed by atoms with van der Waals surface area (Å²) in [6, 6.07) is 11.6. The van der Waals surface area contributed by atoms with E-state index in [1.54, 1.807) is 0 Å². The van der Waals surface area contributed by atoms with Gasteiger partial charge in [0, 0.05) is 8.95 Å². The zero-order chi connectivity index (χ0) is 12.4. The van der Waals surface area contributed by atoms with Crippen molar-refractivity contribution < 1.29 is 4.74 Å². The Morgan fingerprint density at radius 3 is 2.00 bits per heavy atom. The lowest BCUT2D eigenvalue weighted by Gasteiger charge is -2.10. The number of ether oxygens (including phenoxy) is 1. The first kappa shape index (κ1) is 13.6. The molecule has 2 rings (SSSR count). The minimum Gasteiger partial charge on any atom is -0.455 e. The van der Waals surface area contributed by atoms with Gasteiger partial charge in [-0.05, 0) is 88.0 Å². The molecule has 0 N–H and O–H groups in total. The Balaban J connectivity index is 2.37. The van der Waals surface area contributed by atoms with Gasteiger partial charge in [-0.15, -0.1) is 0 Å². The van der Waals surface area contributed by atoms with Crippen LogP contribution < -0.4 is 4.74 Å². The molecule has 2 aromatic rings. The van der Waals surface area contributed by atoms with Crippen molar-refractivity contribution in [3.63, 3.8) is 0 Å². The Kier molecular flexibility index (Phi) is 4.69. The smallest absolute Gasteiger partial charge is 0.142 e. The van der Waals surface area contributed by atoms with E-state index in [0.29, 0.717) is 0 Å². The van der Waals surface area contributed by atoms with Crippen molar-refractivity contribution >= 4 is 63.7 Å². The largest absolute Gasteiger partial charge is 0.455 e. The summed E-state index contributed by atoms with van der Waals surface area (Å²) in [6.45, 7) is 0. The molecule has 0 aliphatic heterocycles. The Labute approximate surface area is 133 Å². The van der Waals surface area contributed by atoms with Gasteiger partial charge in [0.1, 0.15) is 11.5 Å². The van der Waals surface area contributed by atoms with Crippen LogP contribution in [0.3, 0.4) is 0 Å². The molecule has 88 valence electrons. The predicted octanol–water partition coefficient (Wildman–Crippen LogP) is 6.53. The minimum absolute atomic E-state index is 0.756. The van der Waals surface area contributed by atoms with Crippen LogP contribution in [0.4, 0.5) is 0 Å². The third-order valence-electron chi connectivity index (χ3n) is 2.03. The molecule has 0 bridgehead atoms. The standard InChI is InChI=1S/C12H6Br4O/c13-7-3-1-2-4-11(7)17-12-6-9(15)8(14)5-10(12)16/h1-6H. The summed E-state index contributed by atoms with van der Waals surface area (Å²) in [5.41, 5.74) is 0. The molecule has 0 unspecified atom stereocenters. The Hall–Kier alpha value is 0.160. The van der Waals surface area contributed by atoms with Crippen molar-refractivity contribution in [2.45, 2.75) is 0 Å². The van der Waals surface area contributed by atoms with Crippen LogP contribution in [0, 0.1) is 0 Å². The zero-order valence-electron chi connectivity index (χ0n) is 8.38. The molecule has 0 fully saturated rings. The summed E-state index contributed by atoms with van der Waals surface area (Å²) < 4.78 is 9.57. The van der Waals surface area contributed by atoms with Crippen LogP contribution >= 0.6 is 63.7 Å². The first-order valence-corrected chi connectivity index (χ1v) is 7.82. The quantitative estimate of drug-likeness (QED) is 0.440. The maximum atomic E-state index is 5.83. The fourth-order valence-electron chi connectivity index (χ4n) is 1.23. The van der Waals surface area contributed by atoms with Crippen LogP contribution in [-0.4, -0.2) is 0 Å². The second-order valence-electron chi connectivity index (χ2n) is 3.23. The Morgan fingerprint density at radius 2 is 1.29 bits per heavy atom. The number of hydrogen-bond donors (Lipinski definition) is 0. The Bertz CT molecular complexity index is 554. The van der Waals surface area contributed by atoms with Crippen molar-refractivity contribution in [2.24, 2.45) is 0 Å². The van der Waals surface area contributed by atoms with Gasteiger partial charge in [0.25, 0.3) is 0 Å². The Morgan fingerprint density at radius 1 is 0.647 bits per heavy atom. The van der Waals surface area contributed by atoms with E-state index in [9.17, 15) is 0 Å². The van der Waals surface area contributed by atoms with E-state index in [4.69, 9.17) is 4.74 Å². The maximum absolute atomic E-state index is 5.83. The molecule has 5 heteroatoms. The van der Waals surface area contributed by atoms with Gasteiger partial charge in [-0.1, -0.05) is 12.1 Å².